The van der Waals surface area contributed by atoms with Gasteiger partial charge in [0.25, 0.3) is 5.91 Å². The van der Waals surface area contributed by atoms with Gasteiger partial charge in [0.2, 0.25) is 0 Å². The molecule has 0 aromatic carbocycles. The number of furan rings is 1. The van der Waals surface area contributed by atoms with Gasteiger partial charge in [-0.25, -0.2) is 4.79 Å². The second-order valence-corrected chi connectivity index (χ2v) is 4.82. The lowest BCUT2D eigenvalue weighted by Gasteiger charge is -2.15. The molecule has 0 bridgehead atoms. The molecule has 0 radical (unpaired) electrons. The molecule has 1 rings (SSSR count). The van der Waals surface area contributed by atoms with E-state index in [0.717, 1.165) is 0 Å². The molecule has 0 aliphatic carbocycles. The van der Waals surface area contributed by atoms with Crippen molar-refractivity contribution in [2.75, 3.05) is 0 Å². The van der Waals surface area contributed by atoms with Crippen molar-refractivity contribution in [3.63, 3.8) is 0 Å². The molecule has 1 amide bonds. The van der Waals surface area contributed by atoms with E-state index in [2.05, 4.69) is 21.2 Å². The van der Waals surface area contributed by atoms with Crippen LogP contribution in [0.1, 0.15) is 30.6 Å². The molecule has 0 saturated heterocycles. The van der Waals surface area contributed by atoms with Gasteiger partial charge >= 0.3 is 5.97 Å². The van der Waals surface area contributed by atoms with Crippen LogP contribution < -0.4 is 5.32 Å². The molecule has 5 nitrogen and oxygen atoms in total. The summed E-state index contributed by atoms with van der Waals surface area (Å²) in [5.74, 6) is -1.31. The minimum Gasteiger partial charge on any atom is -0.480 e. The minimum atomic E-state index is -1.04. The number of carbonyl (C=O) groups excluding carboxylic acids is 1. The predicted octanol–water partition coefficient (Wildman–Crippen LogP) is 2.27. The van der Waals surface area contributed by atoms with Gasteiger partial charge in [0.1, 0.15) is 6.04 Å². The maximum atomic E-state index is 11.8. The molecular formula is C11H14BrNO4. The summed E-state index contributed by atoms with van der Waals surface area (Å²) < 4.78 is 5.21. The Balaban J connectivity index is 2.71. The topological polar surface area (TPSA) is 79.5 Å². The standard InChI is InChI=1S/C11H14BrNO4/c1-6(2)5-8(11(15)16)13-10(14)7-3-4-17-9(7)12/h3-4,6,8H,5H2,1-2H3,(H,13,14)(H,15,16)/t8-/m0/s1. The molecule has 1 aromatic heterocycles. The van der Waals surface area contributed by atoms with Crippen LogP contribution in [-0.4, -0.2) is 23.0 Å². The Morgan fingerprint density at radius 1 is 1.53 bits per heavy atom. The minimum absolute atomic E-state index is 0.184. The second kappa shape index (κ2) is 5.86. The van der Waals surface area contributed by atoms with Crippen LogP contribution >= 0.6 is 15.9 Å². The van der Waals surface area contributed by atoms with Crippen molar-refractivity contribution < 1.29 is 19.1 Å². The maximum Gasteiger partial charge on any atom is 0.326 e. The first-order valence-corrected chi connectivity index (χ1v) is 5.97. The van der Waals surface area contributed by atoms with Gasteiger partial charge in [-0.15, -0.1) is 0 Å². The summed E-state index contributed by atoms with van der Waals surface area (Å²) in [6, 6.07) is 0.595. The monoisotopic (exact) mass is 303 g/mol. The summed E-state index contributed by atoms with van der Waals surface area (Å²) >= 11 is 3.07. The highest BCUT2D eigenvalue weighted by atomic mass is 79.9. The fraction of sp³-hybridized carbons (Fsp3) is 0.455. The zero-order chi connectivity index (χ0) is 13.0. The van der Waals surface area contributed by atoms with Crippen LogP contribution in [0.3, 0.4) is 0 Å². The molecule has 17 heavy (non-hydrogen) atoms. The zero-order valence-electron chi connectivity index (χ0n) is 9.57. The summed E-state index contributed by atoms with van der Waals surface area (Å²) in [5.41, 5.74) is 0.292. The fourth-order valence-electron chi connectivity index (χ4n) is 1.38. The Labute approximate surface area is 107 Å². The highest BCUT2D eigenvalue weighted by Gasteiger charge is 2.23. The number of carboxylic acid groups (broad SMARTS) is 1. The van der Waals surface area contributed by atoms with Gasteiger partial charge in [-0.2, -0.15) is 0 Å². The first-order valence-electron chi connectivity index (χ1n) is 5.18. The second-order valence-electron chi connectivity index (χ2n) is 4.10. The number of hydrogen-bond donors (Lipinski definition) is 2. The Bertz CT molecular complexity index is 413. The third-order valence-electron chi connectivity index (χ3n) is 2.17. The molecular weight excluding hydrogens is 290 g/mol. The van der Waals surface area contributed by atoms with Crippen molar-refractivity contribution in [1.82, 2.24) is 5.32 Å². The van der Waals surface area contributed by atoms with E-state index < -0.39 is 17.9 Å². The van der Waals surface area contributed by atoms with Gasteiger partial charge in [-0.05, 0) is 34.3 Å². The number of aliphatic carboxylic acids is 1. The first kappa shape index (κ1) is 13.8. The van der Waals surface area contributed by atoms with Crippen LogP contribution in [0.4, 0.5) is 0 Å². The van der Waals surface area contributed by atoms with E-state index in [1.807, 2.05) is 13.8 Å². The number of rotatable bonds is 5. The lowest BCUT2D eigenvalue weighted by Crippen LogP contribution is -2.41. The van der Waals surface area contributed by atoms with Crippen LogP contribution in [0.25, 0.3) is 0 Å². The Hall–Kier alpha value is -1.30. The van der Waals surface area contributed by atoms with Crippen molar-refractivity contribution in [2.24, 2.45) is 5.92 Å². The van der Waals surface area contributed by atoms with E-state index in [1.54, 1.807) is 0 Å². The first-order chi connectivity index (χ1) is 7.91. The number of carbonyl (C=O) groups is 2. The third kappa shape index (κ3) is 3.89. The van der Waals surface area contributed by atoms with E-state index in [9.17, 15) is 9.59 Å². The van der Waals surface area contributed by atoms with Gasteiger partial charge in [0.15, 0.2) is 4.67 Å². The summed E-state index contributed by atoms with van der Waals surface area (Å²) in [6.45, 7) is 3.80. The van der Waals surface area contributed by atoms with E-state index >= 15 is 0 Å². The predicted molar refractivity (Wildman–Crippen MR) is 64.8 cm³/mol. The lowest BCUT2D eigenvalue weighted by molar-refractivity contribution is -0.139. The Morgan fingerprint density at radius 3 is 2.59 bits per heavy atom. The molecule has 94 valence electrons. The highest BCUT2D eigenvalue weighted by Crippen LogP contribution is 2.17. The quantitative estimate of drug-likeness (QED) is 0.874. The van der Waals surface area contributed by atoms with E-state index in [-0.39, 0.29) is 5.92 Å². The van der Waals surface area contributed by atoms with Gasteiger partial charge in [-0.3, -0.25) is 4.79 Å². The van der Waals surface area contributed by atoms with Gasteiger partial charge in [0.05, 0.1) is 11.8 Å². The fourth-order valence-corrected chi connectivity index (χ4v) is 1.80. The summed E-state index contributed by atoms with van der Waals surface area (Å²) in [6.07, 6.45) is 1.74. The van der Waals surface area contributed by atoms with Crippen molar-refractivity contribution in [1.29, 1.82) is 0 Å². The SMILES string of the molecule is CC(C)C[C@H](NC(=O)c1ccoc1Br)C(=O)O. The van der Waals surface area contributed by atoms with Crippen molar-refractivity contribution in [2.45, 2.75) is 26.3 Å². The summed E-state index contributed by atoms with van der Waals surface area (Å²) in [4.78, 5) is 22.7. The molecule has 1 aromatic rings. The van der Waals surface area contributed by atoms with Crippen LogP contribution in [0.2, 0.25) is 0 Å². The number of carboxylic acids is 1. The largest absolute Gasteiger partial charge is 0.480 e. The average molecular weight is 304 g/mol. The van der Waals surface area contributed by atoms with Crippen LogP contribution in [0.5, 0.6) is 0 Å². The van der Waals surface area contributed by atoms with Crippen molar-refractivity contribution in [3.05, 3.63) is 22.6 Å². The van der Waals surface area contributed by atoms with Crippen molar-refractivity contribution in [3.8, 4) is 0 Å². The molecule has 6 heteroatoms. The van der Waals surface area contributed by atoms with E-state index in [0.29, 0.717) is 16.7 Å². The molecule has 0 aliphatic rings. The third-order valence-corrected chi connectivity index (χ3v) is 2.79. The van der Waals surface area contributed by atoms with E-state index in [1.165, 1.54) is 12.3 Å². The molecule has 2 N–H and O–H groups in total. The molecule has 1 atom stereocenters. The highest BCUT2D eigenvalue weighted by molar-refractivity contribution is 9.10. The molecule has 0 aliphatic heterocycles. The maximum absolute atomic E-state index is 11.8. The average Bonchev–Trinajstić information content (AvgIpc) is 2.62. The van der Waals surface area contributed by atoms with Gasteiger partial charge in [-0.1, -0.05) is 13.8 Å². The smallest absolute Gasteiger partial charge is 0.326 e. The number of hydrogen-bond acceptors (Lipinski definition) is 3. The Morgan fingerprint density at radius 2 is 2.18 bits per heavy atom. The summed E-state index contributed by atoms with van der Waals surface area (Å²) in [7, 11) is 0. The van der Waals surface area contributed by atoms with Gasteiger partial charge < -0.3 is 14.8 Å². The molecule has 1 heterocycles. The van der Waals surface area contributed by atoms with Gasteiger partial charge in [0, 0.05) is 0 Å². The summed E-state index contributed by atoms with van der Waals surface area (Å²) in [5, 5.41) is 11.5. The molecule has 0 unspecified atom stereocenters. The molecule has 0 saturated carbocycles. The van der Waals surface area contributed by atoms with Crippen LogP contribution in [0, 0.1) is 5.92 Å². The zero-order valence-corrected chi connectivity index (χ0v) is 11.2. The number of amides is 1. The normalized spacial score (nSPS) is 12.5. The number of halogens is 1. The number of nitrogens with one attached hydrogen (secondary N) is 1. The van der Waals surface area contributed by atoms with Crippen LogP contribution in [-0.2, 0) is 4.79 Å². The lowest BCUT2D eigenvalue weighted by atomic mass is 10.0. The molecule has 0 spiro atoms. The Kier molecular flexibility index (Phi) is 4.74. The molecule has 0 fully saturated rings. The van der Waals surface area contributed by atoms with E-state index in [4.69, 9.17) is 9.52 Å². The van der Waals surface area contributed by atoms with Crippen LogP contribution in [0.15, 0.2) is 21.4 Å². The van der Waals surface area contributed by atoms with Crippen molar-refractivity contribution >= 4 is 27.8 Å².